The molecule has 0 rings (SSSR count). The highest BCUT2D eigenvalue weighted by Gasteiger charge is 2.23. The molecule has 0 aliphatic heterocycles. The largest absolute Gasteiger partial charge is 0.468 e. The first kappa shape index (κ1) is 16.8. The van der Waals surface area contributed by atoms with Gasteiger partial charge in [0.2, 0.25) is 10.0 Å². The Morgan fingerprint density at radius 2 is 2.00 bits per heavy atom. The predicted molar refractivity (Wildman–Crippen MR) is 69.7 cm³/mol. The number of rotatable bonds is 7. The fraction of sp³-hybridized carbons (Fsp3) is 0.889. The Hall–Kier alpha value is -0.180. The van der Waals surface area contributed by atoms with Gasteiger partial charge in [0.25, 0.3) is 0 Å². The van der Waals surface area contributed by atoms with Crippen molar-refractivity contribution < 1.29 is 17.9 Å². The number of methoxy groups -OCH3 is 1. The molecule has 0 amide bonds. The number of hydrogen-bond donors (Lipinski definition) is 2. The lowest BCUT2D eigenvalue weighted by Crippen LogP contribution is -2.50. The summed E-state index contributed by atoms with van der Waals surface area (Å²) in [4.78, 5) is 10.6. The smallest absolute Gasteiger partial charge is 0.320 e. The van der Waals surface area contributed by atoms with E-state index in [-0.39, 0.29) is 5.97 Å². The maximum atomic E-state index is 11.1. The summed E-state index contributed by atoms with van der Waals surface area (Å²) in [6, 6.07) is 0. The van der Waals surface area contributed by atoms with Crippen LogP contribution in [-0.2, 0) is 19.6 Å². The quantitative estimate of drug-likeness (QED) is 0.500. The molecule has 0 bridgehead atoms. The number of hydrogen-bond acceptors (Lipinski definition) is 5. The van der Waals surface area contributed by atoms with Gasteiger partial charge in [0.1, 0.15) is 4.83 Å². The zero-order chi connectivity index (χ0) is 13.7. The van der Waals surface area contributed by atoms with Crippen molar-refractivity contribution in [2.75, 3.05) is 26.5 Å². The molecule has 0 aromatic rings. The Morgan fingerprint density at radius 1 is 1.47 bits per heavy atom. The summed E-state index contributed by atoms with van der Waals surface area (Å²) < 4.78 is 29.2. The Kier molecular flexibility index (Phi) is 6.60. The Morgan fingerprint density at radius 3 is 2.41 bits per heavy atom. The fourth-order valence-electron chi connectivity index (χ4n) is 1.26. The van der Waals surface area contributed by atoms with Crippen molar-refractivity contribution >= 4 is 31.9 Å². The van der Waals surface area contributed by atoms with Crippen LogP contribution in [0.5, 0.6) is 0 Å². The van der Waals surface area contributed by atoms with E-state index < -0.39 is 20.4 Å². The van der Waals surface area contributed by atoms with Crippen molar-refractivity contribution in [2.45, 2.75) is 24.2 Å². The molecule has 102 valence electrons. The summed E-state index contributed by atoms with van der Waals surface area (Å²) in [6.45, 7) is 4.27. The number of carbonyl (C=O) groups excluding carboxylic acids is 1. The zero-order valence-corrected chi connectivity index (χ0v) is 12.8. The van der Waals surface area contributed by atoms with E-state index in [1.807, 2.05) is 0 Å². The number of ether oxygens (including phenoxy) is 1. The minimum atomic E-state index is -3.25. The number of halogens is 1. The summed E-state index contributed by atoms with van der Waals surface area (Å²) in [7, 11) is -1.94. The normalized spacial score (nSPS) is 14.4. The number of sulfonamides is 1. The molecule has 1 atom stereocenters. The van der Waals surface area contributed by atoms with Gasteiger partial charge >= 0.3 is 5.97 Å². The molecule has 0 aliphatic rings. The van der Waals surface area contributed by atoms with Crippen molar-refractivity contribution in [3.8, 4) is 0 Å². The molecule has 6 nitrogen and oxygen atoms in total. The monoisotopic (exact) mass is 330 g/mol. The first-order valence-corrected chi connectivity index (χ1v) is 7.80. The lowest BCUT2D eigenvalue weighted by molar-refractivity contribution is -0.139. The first-order chi connectivity index (χ1) is 7.57. The number of esters is 1. The first-order valence-electron chi connectivity index (χ1n) is 4.99. The second-order valence-electron chi connectivity index (χ2n) is 4.38. The lowest BCUT2D eigenvalue weighted by atomic mass is 10.1. The summed E-state index contributed by atoms with van der Waals surface area (Å²) in [5, 5.41) is 2.99. The van der Waals surface area contributed by atoms with Crippen LogP contribution in [-0.4, -0.2) is 51.2 Å². The average molecular weight is 331 g/mol. The minimum Gasteiger partial charge on any atom is -0.468 e. The van der Waals surface area contributed by atoms with Crippen molar-refractivity contribution in [3.05, 3.63) is 0 Å². The topological polar surface area (TPSA) is 84.5 Å². The van der Waals surface area contributed by atoms with E-state index in [1.54, 1.807) is 13.8 Å². The summed E-state index contributed by atoms with van der Waals surface area (Å²) in [5.41, 5.74) is -0.615. The predicted octanol–water partition coefficient (Wildman–Crippen LogP) is -0.160. The zero-order valence-electron chi connectivity index (χ0n) is 10.4. The van der Waals surface area contributed by atoms with Crippen LogP contribution in [0, 0.1) is 0 Å². The van der Waals surface area contributed by atoms with Crippen LogP contribution in [0.4, 0.5) is 0 Å². The van der Waals surface area contributed by atoms with Gasteiger partial charge in [0.15, 0.2) is 0 Å². The van der Waals surface area contributed by atoms with Gasteiger partial charge in [-0.2, -0.15) is 0 Å². The summed E-state index contributed by atoms with van der Waals surface area (Å²) >= 11 is 3.16. The molecule has 8 heteroatoms. The number of nitrogens with one attached hydrogen (secondary N) is 2. The van der Waals surface area contributed by atoms with Gasteiger partial charge in [-0.05, 0) is 13.8 Å². The molecule has 0 aromatic carbocycles. The van der Waals surface area contributed by atoms with E-state index in [2.05, 4.69) is 30.7 Å². The van der Waals surface area contributed by atoms with Crippen LogP contribution in [0.15, 0.2) is 0 Å². The minimum absolute atomic E-state index is 0.363. The Balaban J connectivity index is 4.07. The Labute approximate surface area is 111 Å². The van der Waals surface area contributed by atoms with E-state index in [1.165, 1.54) is 7.11 Å². The van der Waals surface area contributed by atoms with Crippen LogP contribution < -0.4 is 10.0 Å². The molecular weight excluding hydrogens is 312 g/mol. The van der Waals surface area contributed by atoms with Gasteiger partial charge in [-0.25, -0.2) is 13.1 Å². The van der Waals surface area contributed by atoms with Crippen LogP contribution >= 0.6 is 15.9 Å². The second kappa shape index (κ2) is 6.67. The fourth-order valence-corrected chi connectivity index (χ4v) is 2.75. The van der Waals surface area contributed by atoms with E-state index in [0.29, 0.717) is 13.1 Å². The standard InChI is InChI=1S/C9H19BrN2O4S/c1-9(2,12-17(4,14)15)6-11-5-7(10)8(13)16-3/h7,11-12H,5-6H2,1-4H3. The highest BCUT2D eigenvalue weighted by Crippen LogP contribution is 2.04. The van der Waals surface area contributed by atoms with Gasteiger partial charge in [0, 0.05) is 18.6 Å². The van der Waals surface area contributed by atoms with Crippen molar-refractivity contribution in [3.63, 3.8) is 0 Å². The molecule has 0 saturated heterocycles. The molecule has 0 aromatic heterocycles. The highest BCUT2D eigenvalue weighted by molar-refractivity contribution is 9.10. The van der Waals surface area contributed by atoms with Gasteiger partial charge in [0.05, 0.1) is 13.4 Å². The van der Waals surface area contributed by atoms with E-state index in [4.69, 9.17) is 0 Å². The summed E-state index contributed by atoms with van der Waals surface area (Å²) in [5.74, 6) is -0.369. The van der Waals surface area contributed by atoms with Crippen LogP contribution in [0.1, 0.15) is 13.8 Å². The third-order valence-electron chi connectivity index (χ3n) is 1.81. The molecule has 0 aliphatic carbocycles. The lowest BCUT2D eigenvalue weighted by Gasteiger charge is -2.25. The van der Waals surface area contributed by atoms with Crippen molar-refractivity contribution in [1.82, 2.24) is 10.0 Å². The van der Waals surface area contributed by atoms with E-state index in [0.717, 1.165) is 6.26 Å². The molecule has 2 N–H and O–H groups in total. The summed E-state index contributed by atoms with van der Waals surface area (Å²) in [6.07, 6.45) is 1.11. The molecule has 0 spiro atoms. The number of alkyl halides is 1. The van der Waals surface area contributed by atoms with Crippen LogP contribution in [0.3, 0.4) is 0 Å². The van der Waals surface area contributed by atoms with Crippen molar-refractivity contribution in [2.24, 2.45) is 0 Å². The molecule has 0 heterocycles. The molecule has 0 saturated carbocycles. The molecular formula is C9H19BrN2O4S. The molecule has 0 fully saturated rings. The third-order valence-corrected chi connectivity index (χ3v) is 3.43. The molecule has 0 radical (unpaired) electrons. The Bertz CT molecular complexity index is 356. The van der Waals surface area contributed by atoms with Gasteiger partial charge in [-0.1, -0.05) is 15.9 Å². The maximum Gasteiger partial charge on any atom is 0.320 e. The number of carbonyl (C=O) groups is 1. The van der Waals surface area contributed by atoms with Gasteiger partial charge in [-0.15, -0.1) is 0 Å². The molecule has 1 unspecified atom stereocenters. The third kappa shape index (κ3) is 8.53. The maximum absolute atomic E-state index is 11.1. The SMILES string of the molecule is COC(=O)C(Br)CNCC(C)(C)NS(C)(=O)=O. The van der Waals surface area contributed by atoms with E-state index in [9.17, 15) is 13.2 Å². The van der Waals surface area contributed by atoms with Crippen LogP contribution in [0.25, 0.3) is 0 Å². The van der Waals surface area contributed by atoms with Gasteiger partial charge < -0.3 is 10.1 Å². The molecule has 17 heavy (non-hydrogen) atoms. The average Bonchev–Trinajstić information content (AvgIpc) is 2.12. The van der Waals surface area contributed by atoms with Crippen LogP contribution in [0.2, 0.25) is 0 Å². The highest BCUT2D eigenvalue weighted by atomic mass is 79.9. The van der Waals surface area contributed by atoms with Gasteiger partial charge in [-0.3, -0.25) is 4.79 Å². The van der Waals surface area contributed by atoms with Crippen molar-refractivity contribution in [1.29, 1.82) is 0 Å². The second-order valence-corrected chi connectivity index (χ2v) is 7.23. The van der Waals surface area contributed by atoms with E-state index >= 15 is 0 Å².